The molecule has 0 spiro atoms. The fourth-order valence-corrected chi connectivity index (χ4v) is 1.64. The fourth-order valence-electron chi connectivity index (χ4n) is 1.64. The summed E-state index contributed by atoms with van der Waals surface area (Å²) in [7, 11) is 1.59. The third kappa shape index (κ3) is 2.17. The minimum Gasteiger partial charge on any atom is -0.378 e. The number of piperidine rings is 1. The average Bonchev–Trinajstić information content (AvgIpc) is 2.04. The molecule has 1 rings (SSSR count). The van der Waals surface area contributed by atoms with Gasteiger partial charge in [0.2, 0.25) is 0 Å². The Bertz CT molecular complexity index is 140. The SMILES string of the molecule is CO[C@@H]1CCN(C(C)C)C[C@@H]1F. The van der Waals surface area contributed by atoms with E-state index in [-0.39, 0.29) is 6.10 Å². The number of likely N-dealkylation sites (tertiary alicyclic amines) is 1. The highest BCUT2D eigenvalue weighted by molar-refractivity contribution is 4.82. The van der Waals surface area contributed by atoms with Crippen LogP contribution in [-0.2, 0) is 4.74 Å². The normalized spacial score (nSPS) is 32.8. The maximum atomic E-state index is 13.3. The van der Waals surface area contributed by atoms with Gasteiger partial charge in [-0.1, -0.05) is 0 Å². The van der Waals surface area contributed by atoms with Gasteiger partial charge in [-0.3, -0.25) is 4.90 Å². The van der Waals surface area contributed by atoms with E-state index in [1.807, 2.05) is 0 Å². The highest BCUT2D eigenvalue weighted by Crippen LogP contribution is 2.18. The Morgan fingerprint density at radius 2 is 2.17 bits per heavy atom. The van der Waals surface area contributed by atoms with Crippen LogP contribution < -0.4 is 0 Å². The number of methoxy groups -OCH3 is 1. The van der Waals surface area contributed by atoms with Crippen LogP contribution in [0.15, 0.2) is 0 Å². The Balaban J connectivity index is 2.40. The summed E-state index contributed by atoms with van der Waals surface area (Å²) in [6, 6.07) is 0.445. The Hall–Kier alpha value is -0.150. The summed E-state index contributed by atoms with van der Waals surface area (Å²) < 4.78 is 18.3. The van der Waals surface area contributed by atoms with Gasteiger partial charge in [0.05, 0.1) is 6.10 Å². The number of nitrogens with zero attached hydrogens (tertiary/aromatic N) is 1. The zero-order valence-electron chi connectivity index (χ0n) is 8.09. The number of hydrogen-bond acceptors (Lipinski definition) is 2. The van der Waals surface area contributed by atoms with Crippen LogP contribution in [0.3, 0.4) is 0 Å². The number of rotatable bonds is 2. The summed E-state index contributed by atoms with van der Waals surface area (Å²) in [5.74, 6) is 0. The topological polar surface area (TPSA) is 12.5 Å². The van der Waals surface area contributed by atoms with Crippen LogP contribution in [0.4, 0.5) is 4.39 Å². The van der Waals surface area contributed by atoms with Crippen molar-refractivity contribution in [1.29, 1.82) is 0 Å². The van der Waals surface area contributed by atoms with Gasteiger partial charge in [-0.05, 0) is 20.3 Å². The van der Waals surface area contributed by atoms with Crippen molar-refractivity contribution in [3.05, 3.63) is 0 Å². The minimum atomic E-state index is -0.814. The van der Waals surface area contributed by atoms with Gasteiger partial charge < -0.3 is 4.74 Å². The molecule has 3 heteroatoms. The predicted octanol–water partition coefficient (Wildman–Crippen LogP) is 1.45. The van der Waals surface area contributed by atoms with Crippen molar-refractivity contribution in [3.63, 3.8) is 0 Å². The number of hydrogen-bond donors (Lipinski definition) is 0. The third-order valence-electron chi connectivity index (χ3n) is 2.55. The monoisotopic (exact) mass is 175 g/mol. The second kappa shape index (κ2) is 4.19. The zero-order valence-corrected chi connectivity index (χ0v) is 8.09. The Morgan fingerprint density at radius 1 is 1.50 bits per heavy atom. The molecular weight excluding hydrogens is 157 g/mol. The maximum Gasteiger partial charge on any atom is 0.139 e. The van der Waals surface area contributed by atoms with Crippen LogP contribution in [0.2, 0.25) is 0 Å². The smallest absolute Gasteiger partial charge is 0.139 e. The zero-order chi connectivity index (χ0) is 9.14. The lowest BCUT2D eigenvalue weighted by atomic mass is 10.0. The summed E-state index contributed by atoms with van der Waals surface area (Å²) in [5.41, 5.74) is 0. The van der Waals surface area contributed by atoms with E-state index < -0.39 is 6.17 Å². The van der Waals surface area contributed by atoms with E-state index in [9.17, 15) is 4.39 Å². The molecule has 0 amide bonds. The second-order valence-corrected chi connectivity index (χ2v) is 3.67. The van der Waals surface area contributed by atoms with Gasteiger partial charge in [-0.25, -0.2) is 4.39 Å². The van der Waals surface area contributed by atoms with Gasteiger partial charge >= 0.3 is 0 Å². The molecule has 2 atom stereocenters. The second-order valence-electron chi connectivity index (χ2n) is 3.67. The molecule has 12 heavy (non-hydrogen) atoms. The van der Waals surface area contributed by atoms with Gasteiger partial charge in [0.1, 0.15) is 6.17 Å². The molecular formula is C9H18FNO. The van der Waals surface area contributed by atoms with Crippen molar-refractivity contribution < 1.29 is 9.13 Å². The molecule has 0 bridgehead atoms. The molecule has 0 radical (unpaired) electrons. The standard InChI is InChI=1S/C9H18FNO/c1-7(2)11-5-4-9(12-3)8(10)6-11/h7-9H,4-6H2,1-3H3/t8-,9+/m0/s1. The average molecular weight is 175 g/mol. The van der Waals surface area contributed by atoms with Crippen molar-refractivity contribution in [1.82, 2.24) is 4.90 Å². The summed E-state index contributed by atoms with van der Waals surface area (Å²) in [4.78, 5) is 2.15. The van der Waals surface area contributed by atoms with Gasteiger partial charge in [0.25, 0.3) is 0 Å². The predicted molar refractivity (Wildman–Crippen MR) is 47.0 cm³/mol. The van der Waals surface area contributed by atoms with Gasteiger partial charge in [-0.2, -0.15) is 0 Å². The molecule has 0 unspecified atom stereocenters. The number of ether oxygens (including phenoxy) is 1. The Morgan fingerprint density at radius 3 is 2.58 bits per heavy atom. The van der Waals surface area contributed by atoms with Crippen LogP contribution in [0.5, 0.6) is 0 Å². The summed E-state index contributed by atoms with van der Waals surface area (Å²) >= 11 is 0. The lowest BCUT2D eigenvalue weighted by Gasteiger charge is -2.36. The van der Waals surface area contributed by atoms with Crippen LogP contribution in [0, 0.1) is 0 Å². The molecule has 0 aromatic rings. The van der Waals surface area contributed by atoms with Gasteiger partial charge in [0.15, 0.2) is 0 Å². The van der Waals surface area contributed by atoms with E-state index in [1.165, 1.54) is 0 Å². The van der Waals surface area contributed by atoms with Crippen LogP contribution in [0.1, 0.15) is 20.3 Å². The Kier molecular flexibility index (Phi) is 3.47. The first-order valence-electron chi connectivity index (χ1n) is 4.56. The molecule has 1 heterocycles. The maximum absolute atomic E-state index is 13.3. The molecule has 0 saturated carbocycles. The molecule has 72 valence electrons. The quantitative estimate of drug-likeness (QED) is 0.630. The van der Waals surface area contributed by atoms with E-state index in [4.69, 9.17) is 4.74 Å². The first-order valence-corrected chi connectivity index (χ1v) is 4.56. The largest absolute Gasteiger partial charge is 0.378 e. The molecule has 0 N–H and O–H groups in total. The van der Waals surface area contributed by atoms with Crippen LogP contribution in [0.25, 0.3) is 0 Å². The highest BCUT2D eigenvalue weighted by atomic mass is 19.1. The lowest BCUT2D eigenvalue weighted by molar-refractivity contribution is -0.0292. The van der Waals surface area contributed by atoms with Crippen molar-refractivity contribution in [3.8, 4) is 0 Å². The van der Waals surface area contributed by atoms with Crippen molar-refractivity contribution in [2.45, 2.75) is 38.6 Å². The number of alkyl halides is 1. The van der Waals surface area contributed by atoms with E-state index >= 15 is 0 Å². The fraction of sp³-hybridized carbons (Fsp3) is 1.00. The summed E-state index contributed by atoms with van der Waals surface area (Å²) in [5, 5.41) is 0. The Labute approximate surface area is 73.7 Å². The van der Waals surface area contributed by atoms with Crippen LogP contribution >= 0.6 is 0 Å². The van der Waals surface area contributed by atoms with E-state index in [1.54, 1.807) is 7.11 Å². The lowest BCUT2D eigenvalue weighted by Crippen LogP contribution is -2.47. The van der Waals surface area contributed by atoms with Crippen LogP contribution in [-0.4, -0.2) is 43.4 Å². The molecule has 0 aliphatic carbocycles. The molecule has 1 saturated heterocycles. The summed E-state index contributed by atoms with van der Waals surface area (Å²) in [6.07, 6.45) is -0.179. The molecule has 1 aliphatic rings. The molecule has 0 aromatic carbocycles. The van der Waals surface area contributed by atoms with E-state index in [0.717, 1.165) is 13.0 Å². The molecule has 2 nitrogen and oxygen atoms in total. The van der Waals surface area contributed by atoms with Gasteiger partial charge in [-0.15, -0.1) is 0 Å². The first kappa shape index (κ1) is 9.93. The van der Waals surface area contributed by atoms with E-state index in [2.05, 4.69) is 18.7 Å². The number of halogens is 1. The van der Waals surface area contributed by atoms with Gasteiger partial charge in [0, 0.05) is 26.2 Å². The minimum absolute atomic E-state index is 0.181. The van der Waals surface area contributed by atoms with E-state index in [0.29, 0.717) is 12.6 Å². The van der Waals surface area contributed by atoms with Crippen molar-refractivity contribution in [2.75, 3.05) is 20.2 Å². The molecule has 1 fully saturated rings. The third-order valence-corrected chi connectivity index (χ3v) is 2.55. The first-order chi connectivity index (χ1) is 5.65. The molecule has 0 aromatic heterocycles. The summed E-state index contributed by atoms with van der Waals surface area (Å²) in [6.45, 7) is 5.67. The molecule has 1 aliphatic heterocycles. The van der Waals surface area contributed by atoms with Crippen molar-refractivity contribution in [2.24, 2.45) is 0 Å². The van der Waals surface area contributed by atoms with Crippen molar-refractivity contribution >= 4 is 0 Å². The highest BCUT2D eigenvalue weighted by Gasteiger charge is 2.29.